The molecule has 0 amide bonds. The number of aliphatic carboxylic acids is 1. The highest BCUT2D eigenvalue weighted by Gasteiger charge is 2.25. The van der Waals surface area contributed by atoms with E-state index in [1.54, 1.807) is 21.1 Å². The summed E-state index contributed by atoms with van der Waals surface area (Å²) < 4.78 is 17.2. The van der Waals surface area contributed by atoms with Gasteiger partial charge in [-0.3, -0.25) is 9.59 Å². The number of allylic oxidation sites excluding steroid dienone is 10. The molecule has 0 aromatic carbocycles. The molecule has 0 aliphatic heterocycles. The molecule has 0 N–H and O–H groups in total. The summed E-state index contributed by atoms with van der Waals surface area (Å²) in [4.78, 5) is 37.0. The van der Waals surface area contributed by atoms with Gasteiger partial charge in [-0.25, -0.2) is 0 Å². The van der Waals surface area contributed by atoms with Crippen LogP contribution in [0.3, 0.4) is 0 Å². The van der Waals surface area contributed by atoms with Crippen molar-refractivity contribution < 1.29 is 38.2 Å². The van der Waals surface area contributed by atoms with Gasteiger partial charge in [0.25, 0.3) is 0 Å². The molecule has 0 radical (unpaired) electrons. The van der Waals surface area contributed by atoms with Gasteiger partial charge in [-0.2, -0.15) is 0 Å². The maximum absolute atomic E-state index is 12.8. The van der Waals surface area contributed by atoms with Crippen LogP contribution in [0.15, 0.2) is 60.8 Å². The minimum absolute atomic E-state index is 0.0326. The number of nitrogens with zero attached hydrogens (tertiary/aromatic N) is 1. The van der Waals surface area contributed by atoms with E-state index in [0.717, 1.165) is 83.5 Å². The Balaban J connectivity index is 4.29. The molecule has 2 atom stereocenters. The van der Waals surface area contributed by atoms with E-state index >= 15 is 0 Å². The molecule has 8 nitrogen and oxygen atoms in total. The number of likely N-dealkylation sites (N-methyl/N-ethyl adjacent to an activating group) is 1. The summed E-state index contributed by atoms with van der Waals surface area (Å²) in [5.74, 6) is -1.76. The molecule has 0 saturated carbocycles. The average Bonchev–Trinajstić information content (AvgIpc) is 3.23. The second-order valence-corrected chi connectivity index (χ2v) is 18.0. The lowest BCUT2D eigenvalue weighted by Gasteiger charge is -2.34. The molecule has 0 fully saturated rings. The third kappa shape index (κ3) is 42.3. The van der Waals surface area contributed by atoms with Crippen LogP contribution in [0, 0.1) is 0 Å². The quantitative estimate of drug-likeness (QED) is 0.0260. The van der Waals surface area contributed by atoms with Gasteiger partial charge >= 0.3 is 11.9 Å². The molecule has 0 heterocycles. The van der Waals surface area contributed by atoms with Crippen molar-refractivity contribution in [3.8, 4) is 0 Å². The number of esters is 2. The summed E-state index contributed by atoms with van der Waals surface area (Å²) in [5, 5.41) is 11.7. The molecule has 0 aromatic heterocycles. The van der Waals surface area contributed by atoms with Crippen molar-refractivity contribution in [1.82, 2.24) is 0 Å². The van der Waals surface area contributed by atoms with Gasteiger partial charge in [-0.15, -0.1) is 0 Å². The normalized spacial score (nSPS) is 13.4. The zero-order valence-electron chi connectivity index (χ0n) is 40.8. The maximum atomic E-state index is 12.8. The van der Waals surface area contributed by atoms with E-state index in [-0.39, 0.29) is 42.7 Å². The molecule has 0 rings (SSSR count). The number of quaternary nitrogens is 1. The molecule has 0 spiro atoms. The van der Waals surface area contributed by atoms with Crippen LogP contribution in [0.1, 0.15) is 213 Å². The SMILES string of the molecule is CC/C=C/C/C=C/C/C=C/C/C=C/CCCCCCCCCC(=O)OCC(COCCC(C(=O)[O-])[N+](C)(C)C)OC(=O)CCCCCCC/C=C/CCCCCCCCCCC. The molecule has 358 valence electrons. The zero-order chi connectivity index (χ0) is 45.6. The molecule has 0 aliphatic carbocycles. The molecule has 0 saturated heterocycles. The highest BCUT2D eigenvalue weighted by molar-refractivity contribution is 5.70. The number of carbonyl (C=O) groups is 3. The predicted octanol–water partition coefficient (Wildman–Crippen LogP) is 13.2. The number of carboxylic acid groups (broad SMARTS) is 1. The smallest absolute Gasteiger partial charge is 0.306 e. The Morgan fingerprint density at radius 2 is 0.903 bits per heavy atom. The molecule has 0 aliphatic rings. The molecule has 0 aromatic rings. The molecule has 62 heavy (non-hydrogen) atoms. The molecular formula is C54H95NO7. The van der Waals surface area contributed by atoms with Gasteiger partial charge in [-0.1, -0.05) is 177 Å². The van der Waals surface area contributed by atoms with Gasteiger partial charge < -0.3 is 28.6 Å². The second kappa shape index (κ2) is 44.6. The fourth-order valence-corrected chi connectivity index (χ4v) is 7.23. The van der Waals surface area contributed by atoms with Gasteiger partial charge in [0.05, 0.1) is 40.3 Å². The number of unbranched alkanes of at least 4 members (excludes halogenated alkanes) is 21. The van der Waals surface area contributed by atoms with E-state index in [9.17, 15) is 19.5 Å². The van der Waals surface area contributed by atoms with Crippen molar-refractivity contribution in [2.75, 3.05) is 41.0 Å². The van der Waals surface area contributed by atoms with Crippen molar-refractivity contribution in [2.45, 2.75) is 225 Å². The topological polar surface area (TPSA) is 102 Å². The van der Waals surface area contributed by atoms with Gasteiger partial charge in [0.2, 0.25) is 0 Å². The molecular weight excluding hydrogens is 775 g/mol. The van der Waals surface area contributed by atoms with E-state index < -0.39 is 18.1 Å². The van der Waals surface area contributed by atoms with Crippen LogP contribution in [0.2, 0.25) is 0 Å². The predicted molar refractivity (Wildman–Crippen MR) is 259 cm³/mol. The summed E-state index contributed by atoms with van der Waals surface area (Å²) in [6.07, 6.45) is 55.3. The van der Waals surface area contributed by atoms with E-state index in [1.165, 1.54) is 96.3 Å². The summed E-state index contributed by atoms with van der Waals surface area (Å²) in [6.45, 7) is 4.54. The monoisotopic (exact) mass is 870 g/mol. The van der Waals surface area contributed by atoms with Crippen LogP contribution in [-0.2, 0) is 28.6 Å². The fourth-order valence-electron chi connectivity index (χ4n) is 7.23. The lowest BCUT2D eigenvalue weighted by atomic mass is 10.1. The lowest BCUT2D eigenvalue weighted by Crippen LogP contribution is -2.55. The molecule has 2 unspecified atom stereocenters. The summed E-state index contributed by atoms with van der Waals surface area (Å²) in [5.41, 5.74) is 0. The van der Waals surface area contributed by atoms with Gasteiger partial charge in [0, 0.05) is 19.3 Å². The molecule has 0 bridgehead atoms. The van der Waals surface area contributed by atoms with Gasteiger partial charge in [-0.05, 0) is 77.0 Å². The van der Waals surface area contributed by atoms with Crippen LogP contribution < -0.4 is 5.11 Å². The Morgan fingerprint density at radius 1 is 0.500 bits per heavy atom. The zero-order valence-corrected chi connectivity index (χ0v) is 40.8. The number of hydrogen-bond donors (Lipinski definition) is 0. The fraction of sp³-hybridized carbons (Fsp3) is 0.759. The first kappa shape index (κ1) is 59.0. The van der Waals surface area contributed by atoms with Gasteiger partial charge in [0.15, 0.2) is 6.10 Å². The number of carboxylic acids is 1. The van der Waals surface area contributed by atoms with E-state index in [2.05, 4.69) is 74.6 Å². The third-order valence-corrected chi connectivity index (χ3v) is 11.1. The minimum atomic E-state index is -1.13. The van der Waals surface area contributed by atoms with Crippen LogP contribution in [0.25, 0.3) is 0 Å². The standard InChI is InChI=1S/C54H95NO7/c1-6-8-10-12-14-16-18-20-22-24-26-27-29-30-32-34-36-38-40-42-44-52(56)61-49-50(48-60-47-46-51(54(58)59)55(3,4)5)62-53(57)45-43-41-39-37-35-33-31-28-25-23-21-19-17-15-13-11-9-7-2/h8,10,14,16,20,22,26-28,31,50-51H,6-7,9,11-13,15,17-19,21,23-25,29-30,32-49H2,1-5H3/b10-8+,16-14+,22-20+,27-26+,31-28+. The van der Waals surface area contributed by atoms with Crippen molar-refractivity contribution in [3.63, 3.8) is 0 Å². The minimum Gasteiger partial charge on any atom is -0.544 e. The lowest BCUT2D eigenvalue weighted by molar-refractivity contribution is -0.889. The van der Waals surface area contributed by atoms with Crippen LogP contribution in [-0.4, -0.2) is 75.5 Å². The first-order valence-electron chi connectivity index (χ1n) is 25.3. The Labute approximate surface area is 381 Å². The summed E-state index contributed by atoms with van der Waals surface area (Å²) in [7, 11) is 5.41. The number of rotatable bonds is 45. The average molecular weight is 870 g/mol. The third-order valence-electron chi connectivity index (χ3n) is 11.1. The largest absolute Gasteiger partial charge is 0.544 e. The van der Waals surface area contributed by atoms with E-state index in [0.29, 0.717) is 12.8 Å². The van der Waals surface area contributed by atoms with E-state index in [1.807, 2.05) is 0 Å². The molecule has 8 heteroatoms. The van der Waals surface area contributed by atoms with Crippen LogP contribution in [0.5, 0.6) is 0 Å². The number of hydrogen-bond acceptors (Lipinski definition) is 7. The Bertz CT molecular complexity index is 1200. The van der Waals surface area contributed by atoms with Crippen molar-refractivity contribution in [3.05, 3.63) is 60.8 Å². The highest BCUT2D eigenvalue weighted by atomic mass is 16.6. The highest BCUT2D eigenvalue weighted by Crippen LogP contribution is 2.14. The Hall–Kier alpha value is -2.97. The second-order valence-electron chi connectivity index (χ2n) is 18.0. The number of ether oxygens (including phenoxy) is 3. The van der Waals surface area contributed by atoms with Crippen molar-refractivity contribution in [2.24, 2.45) is 0 Å². The Kier molecular flexibility index (Phi) is 42.5. The first-order valence-corrected chi connectivity index (χ1v) is 25.3. The number of carbonyl (C=O) groups excluding carboxylic acids is 3. The van der Waals surface area contributed by atoms with E-state index in [4.69, 9.17) is 14.2 Å². The van der Waals surface area contributed by atoms with Gasteiger partial charge in [0.1, 0.15) is 12.6 Å². The van der Waals surface area contributed by atoms with Crippen LogP contribution >= 0.6 is 0 Å². The summed E-state index contributed by atoms with van der Waals surface area (Å²) in [6, 6.07) is -0.731. The van der Waals surface area contributed by atoms with Crippen molar-refractivity contribution in [1.29, 1.82) is 0 Å². The Morgan fingerprint density at radius 3 is 1.35 bits per heavy atom. The maximum Gasteiger partial charge on any atom is 0.306 e. The summed E-state index contributed by atoms with van der Waals surface area (Å²) >= 11 is 0. The van der Waals surface area contributed by atoms with Crippen molar-refractivity contribution >= 4 is 17.9 Å². The first-order chi connectivity index (χ1) is 30.1. The van der Waals surface area contributed by atoms with Crippen LogP contribution in [0.4, 0.5) is 0 Å².